The van der Waals surface area contributed by atoms with Crippen LogP contribution in [0.15, 0.2) is 75.8 Å². The number of aliphatic hydroxyl groups excluding tert-OH is 1. The number of para-hydroxylation sites is 1. The molecule has 0 bridgehead atoms. The third kappa shape index (κ3) is 6.33. The normalized spacial score (nSPS) is 17.6. The lowest BCUT2D eigenvalue weighted by molar-refractivity contribution is -0.151. The molecule has 0 unspecified atom stereocenters. The number of benzene rings is 2. The van der Waals surface area contributed by atoms with Gasteiger partial charge in [-0.3, -0.25) is 9.59 Å². The van der Waals surface area contributed by atoms with Crippen molar-refractivity contribution < 1.29 is 32.9 Å². The van der Waals surface area contributed by atoms with E-state index >= 15 is 0 Å². The second-order valence-electron chi connectivity index (χ2n) is 7.95. The van der Waals surface area contributed by atoms with E-state index in [1.807, 2.05) is 0 Å². The molecule has 35 heavy (non-hydrogen) atoms. The summed E-state index contributed by atoms with van der Waals surface area (Å²) in [5.74, 6) is -1.33. The maximum absolute atomic E-state index is 13.1. The average Bonchev–Trinajstić information content (AvgIpc) is 2.88. The molecule has 9 heteroatoms. The summed E-state index contributed by atoms with van der Waals surface area (Å²) >= 11 is 0. The minimum absolute atomic E-state index is 0.0113. The molecule has 2 N–H and O–H groups in total. The Labute approximate surface area is 200 Å². The largest absolute Gasteiger partial charge is 0.464 e. The van der Waals surface area contributed by atoms with Gasteiger partial charge in [0.2, 0.25) is 6.29 Å². The Morgan fingerprint density at radius 3 is 2.71 bits per heavy atom. The van der Waals surface area contributed by atoms with Gasteiger partial charge in [0, 0.05) is 24.4 Å². The highest BCUT2D eigenvalue weighted by Gasteiger charge is 2.30. The number of carbonyl (C=O) groups is 1. The van der Waals surface area contributed by atoms with Gasteiger partial charge in [-0.05, 0) is 35.9 Å². The topological polar surface area (TPSA) is 107 Å². The van der Waals surface area contributed by atoms with Gasteiger partial charge in [-0.15, -0.1) is 0 Å². The third-order valence-electron chi connectivity index (χ3n) is 5.52. The summed E-state index contributed by atoms with van der Waals surface area (Å²) in [4.78, 5) is 26.0. The predicted octanol–water partition coefficient (Wildman–Crippen LogP) is 2.99. The maximum Gasteiger partial charge on any atom is 0.286 e. The van der Waals surface area contributed by atoms with Crippen molar-refractivity contribution in [1.82, 2.24) is 5.32 Å². The molecular weight excluding hydrogens is 457 g/mol. The summed E-state index contributed by atoms with van der Waals surface area (Å²) in [6.45, 7) is 0.670. The van der Waals surface area contributed by atoms with Crippen molar-refractivity contribution in [1.29, 1.82) is 0 Å². The van der Waals surface area contributed by atoms with E-state index < -0.39 is 18.1 Å². The monoisotopic (exact) mass is 483 g/mol. The van der Waals surface area contributed by atoms with E-state index in [0.717, 1.165) is 5.56 Å². The van der Waals surface area contributed by atoms with Crippen LogP contribution in [0.1, 0.15) is 23.5 Å². The smallest absolute Gasteiger partial charge is 0.286 e. The zero-order chi connectivity index (χ0) is 24.6. The van der Waals surface area contributed by atoms with Crippen molar-refractivity contribution in [3.05, 3.63) is 93.8 Å². The minimum atomic E-state index is -0.805. The van der Waals surface area contributed by atoms with E-state index in [-0.39, 0.29) is 56.4 Å². The van der Waals surface area contributed by atoms with E-state index in [2.05, 4.69) is 5.32 Å². The zero-order valence-electron chi connectivity index (χ0n) is 18.9. The number of carbonyl (C=O) groups excluding carboxylic acids is 1. The van der Waals surface area contributed by atoms with Crippen LogP contribution in [-0.4, -0.2) is 43.7 Å². The molecule has 2 heterocycles. The van der Waals surface area contributed by atoms with Crippen molar-refractivity contribution in [3.8, 4) is 0 Å². The van der Waals surface area contributed by atoms with Gasteiger partial charge in [-0.2, -0.15) is 0 Å². The van der Waals surface area contributed by atoms with Gasteiger partial charge in [0.1, 0.15) is 11.4 Å². The van der Waals surface area contributed by atoms with Gasteiger partial charge in [-0.1, -0.05) is 24.3 Å². The van der Waals surface area contributed by atoms with Crippen LogP contribution in [0, 0.1) is 5.82 Å². The number of nitrogens with one attached hydrogen (secondary N) is 1. The summed E-state index contributed by atoms with van der Waals surface area (Å²) in [7, 11) is 0. The first-order chi connectivity index (χ1) is 17.0. The molecule has 8 nitrogen and oxygen atoms in total. The minimum Gasteiger partial charge on any atom is -0.464 e. The highest BCUT2D eigenvalue weighted by Crippen LogP contribution is 2.31. The molecule has 0 saturated carbocycles. The van der Waals surface area contributed by atoms with Gasteiger partial charge in [0.05, 0.1) is 38.1 Å². The van der Waals surface area contributed by atoms with Crippen LogP contribution in [0.3, 0.4) is 0 Å². The Bertz CT molecular complexity index is 1240. The third-order valence-corrected chi connectivity index (χ3v) is 5.52. The first-order valence-electron chi connectivity index (χ1n) is 11.3. The second kappa shape index (κ2) is 11.7. The molecule has 0 radical (unpaired) electrons. The van der Waals surface area contributed by atoms with Crippen LogP contribution in [0.2, 0.25) is 0 Å². The molecule has 1 aliphatic rings. The number of hydrogen-bond donors (Lipinski definition) is 2. The zero-order valence-corrected chi connectivity index (χ0v) is 18.9. The van der Waals surface area contributed by atoms with Crippen LogP contribution in [0.25, 0.3) is 11.0 Å². The van der Waals surface area contributed by atoms with Crippen molar-refractivity contribution in [2.75, 3.05) is 26.4 Å². The lowest BCUT2D eigenvalue weighted by atomic mass is 9.93. The number of allylic oxidation sites excluding steroid dienone is 1. The van der Waals surface area contributed by atoms with Gasteiger partial charge in [0.15, 0.2) is 11.2 Å². The summed E-state index contributed by atoms with van der Waals surface area (Å²) < 4.78 is 35.5. The van der Waals surface area contributed by atoms with Crippen LogP contribution >= 0.6 is 0 Å². The molecule has 0 saturated heterocycles. The van der Waals surface area contributed by atoms with E-state index in [1.54, 1.807) is 42.5 Å². The van der Waals surface area contributed by atoms with Gasteiger partial charge < -0.3 is 29.1 Å². The Morgan fingerprint density at radius 2 is 1.91 bits per heavy atom. The Balaban J connectivity index is 1.53. The molecule has 4 rings (SSSR count). The maximum atomic E-state index is 13.1. The Hall–Kier alpha value is -3.53. The SMILES string of the molecule is O=C(NCc1ccc(F)cc1)C1=C[C@@H](c2coc3ccccc3c2=O)C[C@@H](OCCOCCO)O1. The summed E-state index contributed by atoms with van der Waals surface area (Å²) in [6.07, 6.45) is 2.48. The summed E-state index contributed by atoms with van der Waals surface area (Å²) in [5.41, 5.74) is 1.40. The van der Waals surface area contributed by atoms with E-state index in [0.29, 0.717) is 16.5 Å². The van der Waals surface area contributed by atoms with Crippen molar-refractivity contribution >= 4 is 16.9 Å². The molecule has 0 aliphatic carbocycles. The standard InChI is InChI=1S/C26H26FNO7/c27-19-7-5-17(6-8-19)15-28-26(31)23-13-18(14-24(35-23)33-12-11-32-10-9-29)21-16-34-22-4-2-1-3-20(22)25(21)30/h1-8,13,16,18,24,29H,9-12,14-15H2,(H,28,31)/t18-,24+/m1/s1. The Morgan fingerprint density at radius 1 is 1.11 bits per heavy atom. The second-order valence-corrected chi connectivity index (χ2v) is 7.95. The van der Waals surface area contributed by atoms with Crippen molar-refractivity contribution in [2.45, 2.75) is 25.2 Å². The number of hydrogen-bond acceptors (Lipinski definition) is 7. The van der Waals surface area contributed by atoms with E-state index in [9.17, 15) is 14.0 Å². The quantitative estimate of drug-likeness (QED) is 0.427. The molecule has 1 aliphatic heterocycles. The van der Waals surface area contributed by atoms with Gasteiger partial charge in [-0.25, -0.2) is 4.39 Å². The average molecular weight is 483 g/mol. The number of halogens is 1. The van der Waals surface area contributed by atoms with Crippen molar-refractivity contribution in [2.24, 2.45) is 0 Å². The molecule has 184 valence electrons. The number of aliphatic hydroxyl groups is 1. The number of rotatable bonds is 10. The molecule has 2 aromatic carbocycles. The number of ether oxygens (including phenoxy) is 3. The predicted molar refractivity (Wildman–Crippen MR) is 125 cm³/mol. The first kappa shape index (κ1) is 24.6. The fourth-order valence-corrected chi connectivity index (χ4v) is 3.76. The van der Waals surface area contributed by atoms with Gasteiger partial charge in [0.25, 0.3) is 5.91 Å². The molecule has 1 aromatic heterocycles. The molecule has 1 amide bonds. The summed E-state index contributed by atoms with van der Waals surface area (Å²) in [5, 5.41) is 12.0. The van der Waals surface area contributed by atoms with Crippen LogP contribution in [0.4, 0.5) is 4.39 Å². The van der Waals surface area contributed by atoms with Crippen LogP contribution in [-0.2, 0) is 25.5 Å². The number of fused-ring (bicyclic) bond motifs is 1. The fourth-order valence-electron chi connectivity index (χ4n) is 3.76. The lowest BCUT2D eigenvalue weighted by Gasteiger charge is -2.29. The van der Waals surface area contributed by atoms with Crippen LogP contribution < -0.4 is 10.7 Å². The molecule has 0 fully saturated rings. The summed E-state index contributed by atoms with van der Waals surface area (Å²) in [6, 6.07) is 12.7. The lowest BCUT2D eigenvalue weighted by Crippen LogP contribution is -2.34. The number of amides is 1. The molecule has 2 atom stereocenters. The van der Waals surface area contributed by atoms with Crippen molar-refractivity contribution in [3.63, 3.8) is 0 Å². The fraction of sp³-hybridized carbons (Fsp3) is 0.308. The highest BCUT2D eigenvalue weighted by atomic mass is 19.1. The molecule has 3 aromatic rings. The van der Waals surface area contributed by atoms with Crippen LogP contribution in [0.5, 0.6) is 0 Å². The first-order valence-corrected chi connectivity index (χ1v) is 11.3. The van der Waals surface area contributed by atoms with E-state index in [1.165, 1.54) is 18.4 Å². The Kier molecular flexibility index (Phi) is 8.25. The highest BCUT2D eigenvalue weighted by molar-refractivity contribution is 5.91. The molecular formula is C26H26FNO7. The van der Waals surface area contributed by atoms with E-state index in [4.69, 9.17) is 23.7 Å². The molecule has 0 spiro atoms. The van der Waals surface area contributed by atoms with Gasteiger partial charge >= 0.3 is 0 Å².